The Morgan fingerprint density at radius 3 is 3.12 bits per heavy atom. The largest absolute Gasteiger partial charge is 0.385 e. The molecule has 1 aliphatic rings. The molecule has 1 N–H and O–H groups in total. The Morgan fingerprint density at radius 2 is 2.47 bits per heavy atom. The van der Waals surface area contributed by atoms with Crippen molar-refractivity contribution in [2.75, 3.05) is 25.0 Å². The fraction of sp³-hybridized carbons (Fsp3) is 0.538. The Hall–Kier alpha value is -1.58. The lowest BCUT2D eigenvalue weighted by Crippen LogP contribution is -2.29. The fourth-order valence-corrected chi connectivity index (χ4v) is 2.14. The molecule has 1 saturated heterocycles. The van der Waals surface area contributed by atoms with Crippen LogP contribution in [0.4, 0.5) is 5.69 Å². The molecule has 2 rings (SSSR count). The number of rotatable bonds is 3. The molecular weight excluding hydrogens is 214 g/mol. The number of hydrogen-bond donors (Lipinski definition) is 1. The van der Waals surface area contributed by atoms with Gasteiger partial charge in [0.2, 0.25) is 0 Å². The summed E-state index contributed by atoms with van der Waals surface area (Å²) in [5.74, 6) is 0.657. The van der Waals surface area contributed by atoms with E-state index < -0.39 is 0 Å². The van der Waals surface area contributed by atoms with Crippen LogP contribution in [0.25, 0.3) is 0 Å². The van der Waals surface area contributed by atoms with Crippen LogP contribution < -0.4 is 5.32 Å². The van der Waals surface area contributed by atoms with E-state index in [0.29, 0.717) is 11.6 Å². The Balaban J connectivity index is 2.10. The van der Waals surface area contributed by atoms with Crippen LogP contribution in [0.1, 0.15) is 30.8 Å². The van der Waals surface area contributed by atoms with Crippen LogP contribution in [0.2, 0.25) is 0 Å². The van der Waals surface area contributed by atoms with Gasteiger partial charge in [-0.25, -0.2) is 0 Å². The first-order valence-corrected chi connectivity index (χ1v) is 6.20. The number of carbonyl (C=O) groups excluding carboxylic acids is 1. The zero-order valence-electron chi connectivity index (χ0n) is 10.4. The summed E-state index contributed by atoms with van der Waals surface area (Å²) in [6.45, 7) is 6.76. The summed E-state index contributed by atoms with van der Waals surface area (Å²) in [5, 5.41) is 3.19. The number of likely N-dealkylation sites (tertiary alicyclic amines) is 1. The first kappa shape index (κ1) is 11.9. The van der Waals surface area contributed by atoms with Gasteiger partial charge in [0.05, 0.1) is 0 Å². The van der Waals surface area contributed by atoms with Gasteiger partial charge in [-0.15, -0.1) is 0 Å². The van der Waals surface area contributed by atoms with Gasteiger partial charge in [0.15, 0.2) is 0 Å². The van der Waals surface area contributed by atoms with Gasteiger partial charge in [0.1, 0.15) is 5.69 Å². The molecule has 0 aromatic carbocycles. The molecule has 1 amide bonds. The quantitative estimate of drug-likeness (QED) is 0.868. The second-order valence-electron chi connectivity index (χ2n) is 4.61. The highest BCUT2D eigenvalue weighted by Gasteiger charge is 2.24. The number of amides is 1. The molecule has 1 aromatic rings. The summed E-state index contributed by atoms with van der Waals surface area (Å²) in [6, 6.07) is 3.71. The molecule has 4 nitrogen and oxygen atoms in total. The zero-order valence-corrected chi connectivity index (χ0v) is 10.4. The van der Waals surface area contributed by atoms with E-state index >= 15 is 0 Å². The zero-order chi connectivity index (χ0) is 12.3. The highest BCUT2D eigenvalue weighted by molar-refractivity contribution is 5.93. The third-order valence-corrected chi connectivity index (χ3v) is 3.07. The number of carbonyl (C=O) groups is 1. The predicted molar refractivity (Wildman–Crippen MR) is 68.1 cm³/mol. The summed E-state index contributed by atoms with van der Waals surface area (Å²) in [5.41, 5.74) is 1.50. The SMILES string of the molecule is CCNc1ccnc(C(=O)N2CCC(C)C2)c1. The molecule has 4 heteroatoms. The van der Waals surface area contributed by atoms with Gasteiger partial charge >= 0.3 is 0 Å². The first-order valence-electron chi connectivity index (χ1n) is 6.20. The minimum atomic E-state index is 0.0501. The lowest BCUT2D eigenvalue weighted by Gasteiger charge is -2.15. The summed E-state index contributed by atoms with van der Waals surface area (Å²) in [7, 11) is 0. The van der Waals surface area contributed by atoms with E-state index in [4.69, 9.17) is 0 Å². The second kappa shape index (κ2) is 5.17. The molecule has 1 aromatic heterocycles. The van der Waals surface area contributed by atoms with Crippen molar-refractivity contribution in [1.82, 2.24) is 9.88 Å². The van der Waals surface area contributed by atoms with E-state index in [9.17, 15) is 4.79 Å². The lowest BCUT2D eigenvalue weighted by atomic mass is 10.2. The molecule has 1 unspecified atom stereocenters. The number of nitrogens with one attached hydrogen (secondary N) is 1. The standard InChI is InChI=1S/C13H19N3O/c1-3-14-11-4-6-15-12(8-11)13(17)16-7-5-10(2)9-16/h4,6,8,10H,3,5,7,9H2,1-2H3,(H,14,15). The first-order chi connectivity index (χ1) is 8.20. The molecule has 17 heavy (non-hydrogen) atoms. The van der Waals surface area contributed by atoms with E-state index in [1.165, 1.54) is 0 Å². The van der Waals surface area contributed by atoms with Crippen molar-refractivity contribution >= 4 is 11.6 Å². The van der Waals surface area contributed by atoms with Gasteiger partial charge in [-0.1, -0.05) is 6.92 Å². The van der Waals surface area contributed by atoms with Gasteiger partial charge in [-0.3, -0.25) is 9.78 Å². The van der Waals surface area contributed by atoms with Crippen LogP contribution in [0, 0.1) is 5.92 Å². The third kappa shape index (κ3) is 2.75. The number of pyridine rings is 1. The maximum Gasteiger partial charge on any atom is 0.272 e. The van der Waals surface area contributed by atoms with E-state index in [1.54, 1.807) is 6.20 Å². The minimum absolute atomic E-state index is 0.0501. The van der Waals surface area contributed by atoms with E-state index in [1.807, 2.05) is 24.0 Å². The third-order valence-electron chi connectivity index (χ3n) is 3.07. The smallest absolute Gasteiger partial charge is 0.272 e. The number of hydrogen-bond acceptors (Lipinski definition) is 3. The topological polar surface area (TPSA) is 45.2 Å². The molecule has 0 bridgehead atoms. The van der Waals surface area contributed by atoms with Crippen LogP contribution >= 0.6 is 0 Å². The Labute approximate surface area is 102 Å². The highest BCUT2D eigenvalue weighted by Crippen LogP contribution is 2.18. The molecule has 0 radical (unpaired) electrons. The highest BCUT2D eigenvalue weighted by atomic mass is 16.2. The van der Waals surface area contributed by atoms with Crippen LogP contribution in [0.3, 0.4) is 0 Å². The van der Waals surface area contributed by atoms with Crippen LogP contribution in [0.5, 0.6) is 0 Å². The van der Waals surface area contributed by atoms with Gasteiger partial charge in [0, 0.05) is 31.5 Å². The van der Waals surface area contributed by atoms with Crippen LogP contribution in [-0.4, -0.2) is 35.4 Å². The Morgan fingerprint density at radius 1 is 1.65 bits per heavy atom. The molecule has 2 heterocycles. The van der Waals surface area contributed by atoms with E-state index in [-0.39, 0.29) is 5.91 Å². The van der Waals surface area contributed by atoms with Crippen molar-refractivity contribution in [2.24, 2.45) is 5.92 Å². The Bertz CT molecular complexity index is 405. The molecule has 1 aliphatic heterocycles. The molecular formula is C13H19N3O. The van der Waals surface area contributed by atoms with Crippen LogP contribution in [-0.2, 0) is 0 Å². The Kier molecular flexibility index (Phi) is 3.61. The monoisotopic (exact) mass is 233 g/mol. The number of anilines is 1. The van der Waals surface area contributed by atoms with E-state index in [0.717, 1.165) is 31.7 Å². The van der Waals surface area contributed by atoms with Crippen molar-refractivity contribution in [3.63, 3.8) is 0 Å². The molecule has 0 saturated carbocycles. The fourth-order valence-electron chi connectivity index (χ4n) is 2.14. The summed E-state index contributed by atoms with van der Waals surface area (Å²) in [6.07, 6.45) is 2.78. The number of aromatic nitrogens is 1. The predicted octanol–water partition coefficient (Wildman–Crippen LogP) is 2.00. The van der Waals surface area contributed by atoms with Crippen molar-refractivity contribution in [1.29, 1.82) is 0 Å². The maximum absolute atomic E-state index is 12.2. The van der Waals surface area contributed by atoms with Crippen molar-refractivity contribution in [3.05, 3.63) is 24.0 Å². The molecule has 1 atom stereocenters. The minimum Gasteiger partial charge on any atom is -0.385 e. The summed E-state index contributed by atoms with van der Waals surface area (Å²) < 4.78 is 0. The maximum atomic E-state index is 12.2. The second-order valence-corrected chi connectivity index (χ2v) is 4.61. The normalized spacial score (nSPS) is 19.4. The molecule has 0 spiro atoms. The summed E-state index contributed by atoms with van der Waals surface area (Å²) >= 11 is 0. The average Bonchev–Trinajstić information content (AvgIpc) is 2.76. The van der Waals surface area contributed by atoms with Crippen LogP contribution in [0.15, 0.2) is 18.3 Å². The lowest BCUT2D eigenvalue weighted by molar-refractivity contribution is 0.0782. The van der Waals surface area contributed by atoms with Crippen molar-refractivity contribution < 1.29 is 4.79 Å². The molecule has 92 valence electrons. The van der Waals surface area contributed by atoms with Gasteiger partial charge in [0.25, 0.3) is 5.91 Å². The van der Waals surface area contributed by atoms with Crippen molar-refractivity contribution in [3.8, 4) is 0 Å². The molecule has 0 aliphatic carbocycles. The van der Waals surface area contributed by atoms with Gasteiger partial charge < -0.3 is 10.2 Å². The summed E-state index contributed by atoms with van der Waals surface area (Å²) in [4.78, 5) is 18.2. The van der Waals surface area contributed by atoms with Gasteiger partial charge in [-0.05, 0) is 31.4 Å². The molecule has 1 fully saturated rings. The van der Waals surface area contributed by atoms with Crippen molar-refractivity contribution in [2.45, 2.75) is 20.3 Å². The van der Waals surface area contributed by atoms with E-state index in [2.05, 4.69) is 17.2 Å². The average molecular weight is 233 g/mol. The number of nitrogens with zero attached hydrogens (tertiary/aromatic N) is 2. The van der Waals surface area contributed by atoms with Gasteiger partial charge in [-0.2, -0.15) is 0 Å².